The Kier molecular flexibility index (Phi) is 4.37. The van der Waals surface area contributed by atoms with E-state index in [1.54, 1.807) is 32.9 Å². The Bertz CT molecular complexity index is 478. The van der Waals surface area contributed by atoms with Crippen molar-refractivity contribution in [3.8, 4) is 5.75 Å². The highest BCUT2D eigenvalue weighted by Gasteiger charge is 2.23. The second kappa shape index (κ2) is 5.60. The average Bonchev–Trinajstić information content (AvgIpc) is 2.27. The number of amides is 1. The van der Waals surface area contributed by atoms with Crippen LogP contribution in [0, 0.1) is 0 Å². The van der Waals surface area contributed by atoms with E-state index in [1.165, 1.54) is 19.2 Å². The first-order valence-electron chi connectivity index (χ1n) is 5.67. The third kappa shape index (κ3) is 4.50. The van der Waals surface area contributed by atoms with E-state index in [-0.39, 0.29) is 11.3 Å². The summed E-state index contributed by atoms with van der Waals surface area (Å²) < 4.78 is 5.01. The molecule has 1 N–H and O–H groups in total. The van der Waals surface area contributed by atoms with Gasteiger partial charge in [0.05, 0.1) is 7.05 Å². The molecule has 0 aliphatic heterocycles. The summed E-state index contributed by atoms with van der Waals surface area (Å²) in [4.78, 5) is 28.1. The lowest BCUT2D eigenvalue weighted by molar-refractivity contribution is -0.0933. The molecule has 0 radical (unpaired) electrons. The van der Waals surface area contributed by atoms with E-state index in [2.05, 4.69) is 0 Å². The van der Waals surface area contributed by atoms with Crippen molar-refractivity contribution in [1.29, 1.82) is 0 Å². The van der Waals surface area contributed by atoms with Gasteiger partial charge in [-0.3, -0.25) is 0 Å². The highest BCUT2D eigenvalue weighted by Crippen LogP contribution is 2.17. The Hall–Kier alpha value is -2.24. The van der Waals surface area contributed by atoms with Crippen molar-refractivity contribution in [3.05, 3.63) is 29.8 Å². The molecule has 0 aliphatic carbocycles. The van der Waals surface area contributed by atoms with Crippen LogP contribution >= 0.6 is 0 Å². The van der Waals surface area contributed by atoms with Gasteiger partial charge >= 0.3 is 12.1 Å². The molecule has 0 aromatic heterocycles. The zero-order valence-electron chi connectivity index (χ0n) is 11.3. The minimum atomic E-state index is -0.841. The largest absolute Gasteiger partial charge is 0.507 e. The predicted octanol–water partition coefficient (Wildman–Crippen LogP) is 2.33. The number of carbonyl (C=O) groups excluding carboxylic acids is 2. The van der Waals surface area contributed by atoms with E-state index in [4.69, 9.17) is 9.57 Å². The summed E-state index contributed by atoms with van der Waals surface area (Å²) in [7, 11) is 1.26. The molecular weight excluding hydrogens is 250 g/mol. The van der Waals surface area contributed by atoms with Crippen LogP contribution < -0.4 is 0 Å². The zero-order valence-corrected chi connectivity index (χ0v) is 11.3. The molecule has 1 aromatic carbocycles. The number of rotatable bonds is 1. The second-order valence-corrected chi connectivity index (χ2v) is 4.87. The minimum absolute atomic E-state index is 0.0297. The van der Waals surface area contributed by atoms with Gasteiger partial charge in [0.25, 0.3) is 0 Å². The fourth-order valence-corrected chi connectivity index (χ4v) is 1.18. The maximum atomic E-state index is 11.7. The summed E-state index contributed by atoms with van der Waals surface area (Å²) in [5.74, 6) is -1.06. The molecule has 0 bridgehead atoms. The van der Waals surface area contributed by atoms with Gasteiger partial charge in [-0.1, -0.05) is 12.1 Å². The number of hydrogen-bond acceptors (Lipinski definition) is 5. The van der Waals surface area contributed by atoms with Crippen LogP contribution in [0.25, 0.3) is 0 Å². The molecule has 0 aliphatic rings. The Morgan fingerprint density at radius 2 is 1.79 bits per heavy atom. The number of aromatic hydroxyl groups is 1. The minimum Gasteiger partial charge on any atom is -0.507 e. The van der Waals surface area contributed by atoms with Gasteiger partial charge in [-0.05, 0) is 32.9 Å². The van der Waals surface area contributed by atoms with Crippen LogP contribution in [0.2, 0.25) is 0 Å². The van der Waals surface area contributed by atoms with Gasteiger partial charge in [-0.25, -0.2) is 9.59 Å². The number of carbonyl (C=O) groups is 2. The molecule has 1 aromatic rings. The first-order chi connectivity index (χ1) is 8.70. The van der Waals surface area contributed by atoms with Crippen LogP contribution in [0.15, 0.2) is 24.3 Å². The van der Waals surface area contributed by atoms with Crippen molar-refractivity contribution in [1.82, 2.24) is 5.06 Å². The van der Waals surface area contributed by atoms with Crippen molar-refractivity contribution >= 4 is 12.1 Å². The van der Waals surface area contributed by atoms with Gasteiger partial charge in [0.15, 0.2) is 0 Å². The van der Waals surface area contributed by atoms with Gasteiger partial charge in [0.2, 0.25) is 0 Å². The standard InChI is InChI=1S/C13H17NO5/c1-13(2,3)18-12(17)14(4)19-11(16)9-7-5-6-8-10(9)15/h5-8,15H,1-4H3. The third-order valence-electron chi connectivity index (χ3n) is 1.99. The van der Waals surface area contributed by atoms with E-state index in [9.17, 15) is 14.7 Å². The number of para-hydroxylation sites is 1. The second-order valence-electron chi connectivity index (χ2n) is 4.87. The van der Waals surface area contributed by atoms with Crippen LogP contribution in [-0.4, -0.2) is 34.9 Å². The van der Waals surface area contributed by atoms with Crippen molar-refractivity contribution < 1.29 is 24.3 Å². The summed E-state index contributed by atoms with van der Waals surface area (Å²) in [6.07, 6.45) is -0.795. The maximum Gasteiger partial charge on any atom is 0.443 e. The molecule has 0 atom stereocenters. The Morgan fingerprint density at radius 3 is 2.32 bits per heavy atom. The SMILES string of the molecule is CN(OC(=O)c1ccccc1O)C(=O)OC(C)(C)C. The molecule has 0 saturated carbocycles. The highest BCUT2D eigenvalue weighted by molar-refractivity contribution is 5.92. The quantitative estimate of drug-likeness (QED) is 0.790. The number of benzene rings is 1. The first-order valence-corrected chi connectivity index (χ1v) is 5.67. The summed E-state index contributed by atoms with van der Waals surface area (Å²) in [6.45, 7) is 5.09. The molecule has 0 unspecified atom stereocenters. The number of hydroxylamine groups is 2. The molecular formula is C13H17NO5. The van der Waals surface area contributed by atoms with Crippen LogP contribution in [0.4, 0.5) is 4.79 Å². The monoisotopic (exact) mass is 267 g/mol. The molecule has 0 spiro atoms. The lowest BCUT2D eigenvalue weighted by Crippen LogP contribution is -2.35. The molecule has 6 heteroatoms. The normalized spacial score (nSPS) is 10.7. The highest BCUT2D eigenvalue weighted by atomic mass is 16.8. The van der Waals surface area contributed by atoms with Crippen LogP contribution in [0.3, 0.4) is 0 Å². The number of nitrogens with zero attached hydrogens (tertiary/aromatic N) is 1. The number of phenolic OH excluding ortho intramolecular Hbond substituents is 1. The van der Waals surface area contributed by atoms with Gasteiger partial charge in [-0.2, -0.15) is 0 Å². The predicted molar refractivity (Wildman–Crippen MR) is 67.5 cm³/mol. The van der Waals surface area contributed by atoms with Crippen molar-refractivity contribution in [2.45, 2.75) is 26.4 Å². The Labute approximate surface area is 111 Å². The van der Waals surface area contributed by atoms with Crippen molar-refractivity contribution in [2.75, 3.05) is 7.05 Å². The van der Waals surface area contributed by atoms with E-state index in [0.29, 0.717) is 5.06 Å². The topological polar surface area (TPSA) is 76.1 Å². The van der Waals surface area contributed by atoms with Gasteiger partial charge in [-0.15, -0.1) is 5.06 Å². The third-order valence-corrected chi connectivity index (χ3v) is 1.99. The molecule has 0 saturated heterocycles. The molecule has 6 nitrogen and oxygen atoms in total. The van der Waals surface area contributed by atoms with Crippen molar-refractivity contribution in [3.63, 3.8) is 0 Å². The number of hydrogen-bond donors (Lipinski definition) is 1. The Balaban J connectivity index is 2.67. The maximum absolute atomic E-state index is 11.7. The van der Waals surface area contributed by atoms with E-state index in [0.717, 1.165) is 0 Å². The van der Waals surface area contributed by atoms with Crippen LogP contribution in [-0.2, 0) is 9.57 Å². The molecule has 0 fully saturated rings. The molecule has 1 amide bonds. The molecule has 0 heterocycles. The first kappa shape index (κ1) is 14.8. The van der Waals surface area contributed by atoms with Gasteiger partial charge in [0.1, 0.15) is 16.9 Å². The Morgan fingerprint density at radius 1 is 1.21 bits per heavy atom. The smallest absolute Gasteiger partial charge is 0.443 e. The van der Waals surface area contributed by atoms with Gasteiger partial charge < -0.3 is 14.7 Å². The average molecular weight is 267 g/mol. The van der Waals surface area contributed by atoms with E-state index in [1.807, 2.05) is 0 Å². The zero-order chi connectivity index (χ0) is 14.6. The molecule has 1 rings (SSSR count). The number of ether oxygens (including phenoxy) is 1. The summed E-state index contributed by atoms with van der Waals surface area (Å²) in [5.41, 5.74) is -0.718. The lowest BCUT2D eigenvalue weighted by atomic mass is 10.2. The number of phenols is 1. The van der Waals surface area contributed by atoms with Gasteiger partial charge in [0, 0.05) is 0 Å². The fraction of sp³-hybridized carbons (Fsp3) is 0.385. The lowest BCUT2D eigenvalue weighted by Gasteiger charge is -2.23. The molecule has 104 valence electrons. The van der Waals surface area contributed by atoms with Crippen molar-refractivity contribution in [2.24, 2.45) is 0 Å². The van der Waals surface area contributed by atoms with Crippen LogP contribution in [0.5, 0.6) is 5.75 Å². The summed E-state index contributed by atoms with van der Waals surface area (Å²) in [6, 6.07) is 5.89. The molecule has 19 heavy (non-hydrogen) atoms. The fourth-order valence-electron chi connectivity index (χ4n) is 1.18. The summed E-state index contributed by atoms with van der Waals surface area (Å²) in [5, 5.41) is 10.2. The van der Waals surface area contributed by atoms with E-state index < -0.39 is 17.7 Å². The summed E-state index contributed by atoms with van der Waals surface area (Å²) >= 11 is 0. The van der Waals surface area contributed by atoms with Crippen LogP contribution in [0.1, 0.15) is 31.1 Å². The van der Waals surface area contributed by atoms with E-state index >= 15 is 0 Å².